The normalized spacial score (nSPS) is 25.1. The highest BCUT2D eigenvalue weighted by molar-refractivity contribution is 6.11. The van der Waals surface area contributed by atoms with Crippen LogP contribution >= 0.6 is 0 Å². The van der Waals surface area contributed by atoms with E-state index in [1.807, 2.05) is 42.5 Å². The van der Waals surface area contributed by atoms with E-state index in [2.05, 4.69) is 17.6 Å². The molecule has 6 nitrogen and oxygen atoms in total. The number of imide groups is 1. The second-order valence-corrected chi connectivity index (χ2v) is 7.66. The number of carbonyl (C=O) groups excluding carboxylic acids is 3. The average Bonchev–Trinajstić information content (AvgIpc) is 2.89. The molecule has 0 bridgehead atoms. The van der Waals surface area contributed by atoms with Gasteiger partial charge in [-0.05, 0) is 43.1 Å². The lowest BCUT2D eigenvalue weighted by Gasteiger charge is -2.33. The number of nitrogens with one attached hydrogen (secondary N) is 2. The number of nitrogens with zero attached hydrogens (tertiary/aromatic N) is 1. The first-order valence-electron chi connectivity index (χ1n) is 9.40. The quantitative estimate of drug-likeness (QED) is 0.820. The fourth-order valence-corrected chi connectivity index (χ4v) is 4.08. The summed E-state index contributed by atoms with van der Waals surface area (Å²) < 4.78 is 0. The maximum atomic E-state index is 12.9. The Hall–Kier alpha value is -2.89. The predicted octanol–water partition coefficient (Wildman–Crippen LogP) is 3.28. The van der Waals surface area contributed by atoms with Crippen molar-refractivity contribution in [1.82, 2.24) is 10.2 Å². The number of fused-ring (bicyclic) bond motifs is 1. The molecular formula is C21H23N3O3. The van der Waals surface area contributed by atoms with Crippen LogP contribution in [0.25, 0.3) is 10.8 Å². The third-order valence-electron chi connectivity index (χ3n) is 5.74. The summed E-state index contributed by atoms with van der Waals surface area (Å²) in [6, 6.07) is 12.9. The molecular weight excluding hydrogens is 342 g/mol. The number of amides is 4. The molecule has 4 rings (SSSR count). The minimum Gasteiger partial charge on any atom is -0.324 e. The number of hydrogen-bond donors (Lipinski definition) is 2. The first-order valence-corrected chi connectivity index (χ1v) is 9.40. The Morgan fingerprint density at radius 1 is 1.15 bits per heavy atom. The van der Waals surface area contributed by atoms with Crippen LogP contribution in [0.2, 0.25) is 0 Å². The van der Waals surface area contributed by atoms with Crippen LogP contribution in [0, 0.1) is 5.92 Å². The minimum absolute atomic E-state index is 0.271. The van der Waals surface area contributed by atoms with Gasteiger partial charge in [-0.2, -0.15) is 0 Å². The summed E-state index contributed by atoms with van der Waals surface area (Å²) in [6.07, 6.45) is 3.09. The molecule has 0 unspecified atom stereocenters. The fourth-order valence-electron chi connectivity index (χ4n) is 4.08. The van der Waals surface area contributed by atoms with Gasteiger partial charge < -0.3 is 10.6 Å². The maximum absolute atomic E-state index is 12.9. The number of anilines is 1. The molecule has 2 aromatic rings. The molecule has 2 aromatic carbocycles. The van der Waals surface area contributed by atoms with Crippen molar-refractivity contribution in [2.24, 2.45) is 5.92 Å². The summed E-state index contributed by atoms with van der Waals surface area (Å²) in [4.78, 5) is 38.8. The van der Waals surface area contributed by atoms with Crippen molar-refractivity contribution < 1.29 is 14.4 Å². The van der Waals surface area contributed by atoms with E-state index in [-0.39, 0.29) is 18.4 Å². The van der Waals surface area contributed by atoms with Gasteiger partial charge in [0.15, 0.2) is 0 Å². The van der Waals surface area contributed by atoms with E-state index in [1.54, 1.807) is 0 Å². The topological polar surface area (TPSA) is 78.5 Å². The van der Waals surface area contributed by atoms with Crippen LogP contribution in [0.3, 0.4) is 0 Å². The molecule has 4 amide bonds. The molecule has 6 heteroatoms. The van der Waals surface area contributed by atoms with E-state index in [0.717, 1.165) is 28.5 Å². The molecule has 1 aliphatic carbocycles. The van der Waals surface area contributed by atoms with Gasteiger partial charge in [0.05, 0.1) is 0 Å². The highest BCUT2D eigenvalue weighted by Gasteiger charge is 2.52. The van der Waals surface area contributed by atoms with Crippen molar-refractivity contribution in [2.75, 3.05) is 11.9 Å². The summed E-state index contributed by atoms with van der Waals surface area (Å²) in [6.45, 7) is 1.88. The highest BCUT2D eigenvalue weighted by atomic mass is 16.2. The molecule has 2 fully saturated rings. The third-order valence-corrected chi connectivity index (χ3v) is 5.74. The zero-order chi connectivity index (χ0) is 19.0. The molecule has 27 heavy (non-hydrogen) atoms. The predicted molar refractivity (Wildman–Crippen MR) is 103 cm³/mol. The molecule has 2 N–H and O–H groups in total. The second-order valence-electron chi connectivity index (χ2n) is 7.66. The van der Waals surface area contributed by atoms with Crippen molar-refractivity contribution in [3.05, 3.63) is 42.5 Å². The Labute approximate surface area is 157 Å². The average molecular weight is 365 g/mol. The molecule has 1 saturated carbocycles. The van der Waals surface area contributed by atoms with Crippen LogP contribution in [-0.2, 0) is 9.59 Å². The molecule has 0 atom stereocenters. The fraction of sp³-hybridized carbons (Fsp3) is 0.381. The lowest BCUT2D eigenvalue weighted by Crippen LogP contribution is -2.49. The molecule has 140 valence electrons. The van der Waals surface area contributed by atoms with Crippen molar-refractivity contribution in [1.29, 1.82) is 0 Å². The van der Waals surface area contributed by atoms with Gasteiger partial charge >= 0.3 is 6.03 Å². The first-order chi connectivity index (χ1) is 13.0. The van der Waals surface area contributed by atoms with E-state index in [1.165, 1.54) is 0 Å². The van der Waals surface area contributed by atoms with Crippen molar-refractivity contribution in [3.8, 4) is 0 Å². The van der Waals surface area contributed by atoms with Gasteiger partial charge in [0.25, 0.3) is 5.91 Å². The van der Waals surface area contributed by atoms with Gasteiger partial charge in [-0.1, -0.05) is 43.3 Å². The number of rotatable bonds is 3. The van der Waals surface area contributed by atoms with E-state index in [9.17, 15) is 14.4 Å². The zero-order valence-corrected chi connectivity index (χ0v) is 15.3. The van der Waals surface area contributed by atoms with E-state index in [0.29, 0.717) is 24.4 Å². The summed E-state index contributed by atoms with van der Waals surface area (Å²) in [5, 5.41) is 7.62. The Morgan fingerprint density at radius 2 is 1.85 bits per heavy atom. The van der Waals surface area contributed by atoms with Crippen LogP contribution in [-0.4, -0.2) is 34.8 Å². The van der Waals surface area contributed by atoms with Crippen LogP contribution < -0.4 is 10.6 Å². The van der Waals surface area contributed by atoms with Gasteiger partial charge in [0, 0.05) is 11.1 Å². The second kappa shape index (κ2) is 6.68. The van der Waals surface area contributed by atoms with Gasteiger partial charge in [-0.3, -0.25) is 14.5 Å². The minimum atomic E-state index is -0.816. The molecule has 2 aliphatic rings. The van der Waals surface area contributed by atoms with Crippen molar-refractivity contribution in [3.63, 3.8) is 0 Å². The van der Waals surface area contributed by atoms with Crippen LogP contribution in [0.15, 0.2) is 42.5 Å². The number of hydrogen-bond acceptors (Lipinski definition) is 3. The standard InChI is InChI=1S/C21H23N3O3/c1-14-9-11-21(12-10-14)19(26)24(20(27)23-21)13-18(25)22-17-8-4-6-15-5-2-3-7-16(15)17/h2-8,14H,9-13H2,1H3,(H,22,25)(H,23,27). The number of carbonyl (C=O) groups is 3. The number of urea groups is 1. The molecule has 1 spiro atoms. The third kappa shape index (κ3) is 3.16. The zero-order valence-electron chi connectivity index (χ0n) is 15.3. The van der Waals surface area contributed by atoms with E-state index < -0.39 is 11.6 Å². The summed E-state index contributed by atoms with van der Waals surface area (Å²) in [5.74, 6) is -0.0902. The molecule has 0 radical (unpaired) electrons. The molecule has 1 aliphatic heterocycles. The van der Waals surface area contributed by atoms with Crippen molar-refractivity contribution >= 4 is 34.3 Å². The number of benzene rings is 2. The highest BCUT2D eigenvalue weighted by Crippen LogP contribution is 2.36. The van der Waals surface area contributed by atoms with E-state index >= 15 is 0 Å². The first kappa shape index (κ1) is 17.5. The summed E-state index contributed by atoms with van der Waals surface area (Å²) in [5.41, 5.74) is -0.144. The van der Waals surface area contributed by atoms with Gasteiger partial charge in [0.2, 0.25) is 5.91 Å². The van der Waals surface area contributed by atoms with Crippen LogP contribution in [0.1, 0.15) is 32.6 Å². The van der Waals surface area contributed by atoms with Crippen LogP contribution in [0.5, 0.6) is 0 Å². The summed E-state index contributed by atoms with van der Waals surface area (Å²) >= 11 is 0. The smallest absolute Gasteiger partial charge is 0.324 e. The van der Waals surface area contributed by atoms with E-state index in [4.69, 9.17) is 0 Å². The Balaban J connectivity index is 1.48. The van der Waals surface area contributed by atoms with Gasteiger partial charge in [0.1, 0.15) is 12.1 Å². The molecule has 1 heterocycles. The van der Waals surface area contributed by atoms with Crippen LogP contribution in [0.4, 0.5) is 10.5 Å². The van der Waals surface area contributed by atoms with Crippen molar-refractivity contribution in [2.45, 2.75) is 38.1 Å². The molecule has 1 saturated heterocycles. The maximum Gasteiger partial charge on any atom is 0.325 e. The Bertz CT molecular complexity index is 911. The summed E-state index contributed by atoms with van der Waals surface area (Å²) in [7, 11) is 0. The van der Waals surface area contributed by atoms with Gasteiger partial charge in [-0.15, -0.1) is 0 Å². The Morgan fingerprint density at radius 3 is 2.63 bits per heavy atom. The monoisotopic (exact) mass is 365 g/mol. The lowest BCUT2D eigenvalue weighted by molar-refractivity contribution is -0.135. The van der Waals surface area contributed by atoms with Gasteiger partial charge in [-0.25, -0.2) is 4.79 Å². The SMILES string of the molecule is CC1CCC2(CC1)NC(=O)N(CC(=O)Nc1cccc3ccccc13)C2=O. The lowest BCUT2D eigenvalue weighted by atomic mass is 9.77. The Kier molecular flexibility index (Phi) is 4.34. The molecule has 0 aromatic heterocycles. The largest absolute Gasteiger partial charge is 0.325 e.